The zero-order valence-corrected chi connectivity index (χ0v) is 5.04. The van der Waals surface area contributed by atoms with Crippen LogP contribution in [0.3, 0.4) is 0 Å². The quantitative estimate of drug-likeness (QED) is 0.556. The van der Waals surface area contributed by atoms with Gasteiger partial charge in [-0.25, -0.2) is 0 Å². The summed E-state index contributed by atoms with van der Waals surface area (Å²) in [6, 6.07) is 0. The van der Waals surface area contributed by atoms with E-state index in [-0.39, 0.29) is 0 Å². The summed E-state index contributed by atoms with van der Waals surface area (Å²) >= 11 is 5.15. The van der Waals surface area contributed by atoms with Crippen LogP contribution in [0.25, 0.3) is 0 Å². The topological polar surface area (TPSA) is 37.8 Å². The standard InChI is InChI=1S/C2H3N3S2/c6-5-2-4-3-1-7-2/h1,6H,(H,4,5). The second-order valence-corrected chi connectivity index (χ2v) is 1.91. The first kappa shape index (κ1) is 4.86. The molecule has 1 aromatic heterocycles. The van der Waals surface area contributed by atoms with Crippen molar-refractivity contribution in [1.82, 2.24) is 10.2 Å². The highest BCUT2D eigenvalue weighted by atomic mass is 32.1. The van der Waals surface area contributed by atoms with E-state index in [1.165, 1.54) is 11.3 Å². The van der Waals surface area contributed by atoms with E-state index >= 15 is 0 Å². The van der Waals surface area contributed by atoms with Gasteiger partial charge in [-0.05, 0) is 0 Å². The molecule has 1 heterocycles. The van der Waals surface area contributed by atoms with Crippen LogP contribution in [-0.4, -0.2) is 10.2 Å². The second-order valence-electron chi connectivity index (χ2n) is 0.856. The average molecular weight is 133 g/mol. The van der Waals surface area contributed by atoms with Gasteiger partial charge < -0.3 is 4.72 Å². The number of nitrogens with one attached hydrogen (secondary N) is 1. The SMILES string of the molecule is SNc1nncs1. The number of rotatable bonds is 1. The molecule has 0 amide bonds. The normalized spacial score (nSPS) is 8.71. The molecule has 1 N–H and O–H groups in total. The van der Waals surface area contributed by atoms with Crippen molar-refractivity contribution in [1.29, 1.82) is 0 Å². The van der Waals surface area contributed by atoms with Crippen LogP contribution in [0.4, 0.5) is 5.13 Å². The summed E-state index contributed by atoms with van der Waals surface area (Å²) in [6.45, 7) is 0. The lowest BCUT2D eigenvalue weighted by Gasteiger charge is -1.80. The molecule has 0 aliphatic carbocycles. The lowest BCUT2D eigenvalue weighted by molar-refractivity contribution is 1.10. The molecule has 0 aromatic carbocycles. The number of nitrogens with zero attached hydrogens (tertiary/aromatic N) is 2. The third-order valence-corrected chi connectivity index (χ3v) is 1.43. The molecule has 0 saturated carbocycles. The van der Waals surface area contributed by atoms with Crippen LogP contribution in [0.15, 0.2) is 5.51 Å². The molecule has 5 heteroatoms. The Bertz CT molecular complexity index is 125. The van der Waals surface area contributed by atoms with E-state index in [2.05, 4.69) is 27.7 Å². The number of hydrogen-bond acceptors (Lipinski definition) is 5. The fraction of sp³-hybridized carbons (Fsp3) is 0. The largest absolute Gasteiger partial charge is 0.307 e. The van der Waals surface area contributed by atoms with Crippen LogP contribution in [-0.2, 0) is 0 Å². The molecule has 0 radical (unpaired) electrons. The fourth-order valence-corrected chi connectivity index (χ4v) is 0.766. The highest BCUT2D eigenvalue weighted by molar-refractivity contribution is 7.81. The average Bonchev–Trinajstić information content (AvgIpc) is 2.14. The fourth-order valence-electron chi connectivity index (χ4n) is 0.222. The highest BCUT2D eigenvalue weighted by Gasteiger charge is 1.85. The zero-order chi connectivity index (χ0) is 5.11. The van der Waals surface area contributed by atoms with Crippen LogP contribution in [0.5, 0.6) is 0 Å². The Hall–Kier alpha value is -0.290. The Kier molecular flexibility index (Phi) is 1.48. The first-order valence-electron chi connectivity index (χ1n) is 1.60. The van der Waals surface area contributed by atoms with E-state index in [1.807, 2.05) is 0 Å². The lowest BCUT2D eigenvalue weighted by Crippen LogP contribution is -1.75. The lowest BCUT2D eigenvalue weighted by atomic mass is 11.3. The van der Waals surface area contributed by atoms with Crippen LogP contribution in [0.1, 0.15) is 0 Å². The van der Waals surface area contributed by atoms with Crippen LogP contribution >= 0.6 is 24.2 Å². The smallest absolute Gasteiger partial charge is 0.215 e. The van der Waals surface area contributed by atoms with Crippen LogP contribution in [0, 0.1) is 0 Å². The molecule has 1 rings (SSSR count). The minimum atomic E-state index is 0.725. The van der Waals surface area contributed by atoms with Crippen LogP contribution < -0.4 is 4.72 Å². The van der Waals surface area contributed by atoms with Gasteiger partial charge in [-0.2, -0.15) is 0 Å². The van der Waals surface area contributed by atoms with Crippen molar-refractivity contribution in [2.45, 2.75) is 0 Å². The van der Waals surface area contributed by atoms with Gasteiger partial charge >= 0.3 is 0 Å². The maximum atomic E-state index is 3.73. The summed E-state index contributed by atoms with van der Waals surface area (Å²) in [7, 11) is 0. The molecule has 0 aliphatic heterocycles. The Balaban J connectivity index is 2.76. The molecular weight excluding hydrogens is 130 g/mol. The summed E-state index contributed by atoms with van der Waals surface area (Å²) in [6.07, 6.45) is 0. The number of aromatic nitrogens is 2. The molecule has 0 unspecified atom stereocenters. The third kappa shape index (κ3) is 1.04. The maximum Gasteiger partial charge on any atom is 0.215 e. The van der Waals surface area contributed by atoms with Crippen molar-refractivity contribution >= 4 is 29.3 Å². The molecule has 0 saturated heterocycles. The van der Waals surface area contributed by atoms with Gasteiger partial charge in [0.25, 0.3) is 0 Å². The van der Waals surface area contributed by atoms with Gasteiger partial charge in [0.2, 0.25) is 5.13 Å². The Labute approximate surface area is 50.3 Å². The highest BCUT2D eigenvalue weighted by Crippen LogP contribution is 2.07. The molecule has 1 aromatic rings. The van der Waals surface area contributed by atoms with E-state index in [0.29, 0.717) is 0 Å². The number of hydrogen-bond donors (Lipinski definition) is 2. The molecule has 0 fully saturated rings. The van der Waals surface area contributed by atoms with Crippen LogP contribution in [0.2, 0.25) is 0 Å². The second kappa shape index (κ2) is 2.13. The van der Waals surface area contributed by atoms with E-state index in [1.54, 1.807) is 5.51 Å². The minimum absolute atomic E-state index is 0.725. The van der Waals surface area contributed by atoms with Crippen molar-refractivity contribution in [2.75, 3.05) is 4.72 Å². The van der Waals surface area contributed by atoms with E-state index < -0.39 is 0 Å². The van der Waals surface area contributed by atoms with Gasteiger partial charge in [0.15, 0.2) is 0 Å². The van der Waals surface area contributed by atoms with Crippen molar-refractivity contribution < 1.29 is 0 Å². The first-order chi connectivity index (χ1) is 3.43. The summed E-state index contributed by atoms with van der Waals surface area (Å²) in [5, 5.41) is 7.89. The maximum absolute atomic E-state index is 3.73. The molecule has 38 valence electrons. The molecule has 0 spiro atoms. The van der Waals surface area contributed by atoms with Crippen molar-refractivity contribution in [3.63, 3.8) is 0 Å². The molecule has 3 nitrogen and oxygen atoms in total. The van der Waals surface area contributed by atoms with Gasteiger partial charge in [-0.15, -0.1) is 10.2 Å². The number of thiol groups is 1. The minimum Gasteiger partial charge on any atom is -0.307 e. The van der Waals surface area contributed by atoms with Gasteiger partial charge in [0, 0.05) is 0 Å². The molecule has 0 aliphatic rings. The summed E-state index contributed by atoms with van der Waals surface area (Å²) in [5.74, 6) is 0. The van der Waals surface area contributed by atoms with E-state index in [4.69, 9.17) is 0 Å². The predicted octanol–water partition coefficient (Wildman–Crippen LogP) is 0.795. The van der Waals surface area contributed by atoms with Crippen molar-refractivity contribution in [3.8, 4) is 0 Å². The van der Waals surface area contributed by atoms with Gasteiger partial charge in [0.05, 0.1) is 0 Å². The van der Waals surface area contributed by atoms with E-state index in [0.717, 1.165) is 5.13 Å². The van der Waals surface area contributed by atoms with Gasteiger partial charge in [0.1, 0.15) is 5.51 Å². The summed E-state index contributed by atoms with van der Waals surface area (Å²) in [5.41, 5.74) is 1.64. The van der Waals surface area contributed by atoms with Crippen molar-refractivity contribution in [2.24, 2.45) is 0 Å². The molecule has 0 atom stereocenters. The predicted molar refractivity (Wildman–Crippen MR) is 32.5 cm³/mol. The molecule has 7 heavy (non-hydrogen) atoms. The van der Waals surface area contributed by atoms with Gasteiger partial charge in [-0.3, -0.25) is 0 Å². The monoisotopic (exact) mass is 133 g/mol. The third-order valence-electron chi connectivity index (χ3n) is 0.456. The molecule has 0 bridgehead atoms. The van der Waals surface area contributed by atoms with Gasteiger partial charge in [-0.1, -0.05) is 24.2 Å². The Morgan fingerprint density at radius 2 is 2.71 bits per heavy atom. The first-order valence-corrected chi connectivity index (χ1v) is 2.92. The Morgan fingerprint density at radius 3 is 3.00 bits per heavy atom. The number of anilines is 1. The summed E-state index contributed by atoms with van der Waals surface area (Å²) < 4.78 is 2.55. The van der Waals surface area contributed by atoms with Crippen molar-refractivity contribution in [3.05, 3.63) is 5.51 Å². The van der Waals surface area contributed by atoms with E-state index in [9.17, 15) is 0 Å². The Morgan fingerprint density at radius 1 is 1.86 bits per heavy atom. The zero-order valence-electron chi connectivity index (χ0n) is 3.33. The molecular formula is C2H3N3S2. The summed E-state index contributed by atoms with van der Waals surface area (Å²) in [4.78, 5) is 0.